The number of amides is 2. The molecule has 0 saturated carbocycles. The normalized spacial score (nSPS) is 13.3. The number of alkyl halides is 9. The summed E-state index contributed by atoms with van der Waals surface area (Å²) in [4.78, 5) is 24.5. The Hall–Kier alpha value is -3.80. The monoisotopic (exact) mass is 652 g/mol. The Morgan fingerprint density at radius 2 is 1.52 bits per heavy atom. The summed E-state index contributed by atoms with van der Waals surface area (Å²) < 4.78 is 145. The van der Waals surface area contributed by atoms with Crippen molar-refractivity contribution in [2.45, 2.75) is 43.6 Å². The number of nitrogens with one attached hydrogen (secondary N) is 1. The summed E-state index contributed by atoms with van der Waals surface area (Å²) in [5.74, 6) is -15.9. The van der Waals surface area contributed by atoms with E-state index < -0.39 is 74.4 Å². The number of urea groups is 1. The van der Waals surface area contributed by atoms with Crippen LogP contribution in [0.2, 0.25) is 0 Å². The van der Waals surface area contributed by atoms with E-state index in [0.717, 1.165) is 12.1 Å². The molecule has 18 heteroatoms. The molecule has 1 unspecified atom stereocenters. The molecule has 2 rings (SSSR count). The van der Waals surface area contributed by atoms with Crippen LogP contribution in [-0.2, 0) is 20.7 Å². The van der Waals surface area contributed by atoms with Crippen molar-refractivity contribution in [2.75, 3.05) is 38.2 Å². The van der Waals surface area contributed by atoms with Gasteiger partial charge in [0.1, 0.15) is 18.2 Å². The SMILES string of the molecule is CCOC(Cc1ccc(OCCN(CCOC(F)(F)C(F)(F)C(F)(F)C(F)(F)F)C(=O)Nc2cccc(F)c2)cc1)C(=O)O. The van der Waals surface area contributed by atoms with Crippen LogP contribution >= 0.6 is 0 Å². The minimum absolute atomic E-state index is 0.0239. The Bertz CT molecular complexity index is 1240. The van der Waals surface area contributed by atoms with E-state index in [1.54, 1.807) is 6.92 Å². The van der Waals surface area contributed by atoms with Crippen molar-refractivity contribution >= 4 is 17.7 Å². The van der Waals surface area contributed by atoms with Crippen LogP contribution in [0.25, 0.3) is 0 Å². The number of rotatable bonds is 16. The number of carbonyl (C=O) groups excluding carboxylic acids is 1. The third-order valence-corrected chi connectivity index (χ3v) is 5.74. The first kappa shape index (κ1) is 36.4. The minimum Gasteiger partial charge on any atom is -0.492 e. The van der Waals surface area contributed by atoms with E-state index in [0.29, 0.717) is 10.5 Å². The quantitative estimate of drug-likeness (QED) is 0.209. The molecule has 1 atom stereocenters. The summed E-state index contributed by atoms with van der Waals surface area (Å²) in [6.07, 6.45) is -14.4. The van der Waals surface area contributed by atoms with Crippen LogP contribution in [0.5, 0.6) is 5.75 Å². The molecule has 2 N–H and O–H groups in total. The van der Waals surface area contributed by atoms with Gasteiger partial charge in [0.25, 0.3) is 0 Å². The highest BCUT2D eigenvalue weighted by molar-refractivity contribution is 5.89. The fourth-order valence-corrected chi connectivity index (χ4v) is 3.45. The molecular formula is C26H26F10N2O6. The lowest BCUT2D eigenvalue weighted by Gasteiger charge is -2.33. The van der Waals surface area contributed by atoms with Gasteiger partial charge in [-0.2, -0.15) is 39.5 Å². The lowest BCUT2D eigenvalue weighted by molar-refractivity contribution is -0.443. The van der Waals surface area contributed by atoms with Gasteiger partial charge in [-0.1, -0.05) is 18.2 Å². The van der Waals surface area contributed by atoms with Crippen LogP contribution in [0.15, 0.2) is 48.5 Å². The third kappa shape index (κ3) is 9.35. The van der Waals surface area contributed by atoms with Gasteiger partial charge >= 0.3 is 36.1 Å². The first-order valence-corrected chi connectivity index (χ1v) is 12.5. The van der Waals surface area contributed by atoms with Crippen molar-refractivity contribution < 1.29 is 72.8 Å². The molecule has 0 bridgehead atoms. The van der Waals surface area contributed by atoms with E-state index in [9.17, 15) is 58.6 Å². The summed E-state index contributed by atoms with van der Waals surface area (Å²) >= 11 is 0. The number of carbonyl (C=O) groups is 2. The molecule has 44 heavy (non-hydrogen) atoms. The zero-order valence-corrected chi connectivity index (χ0v) is 22.7. The van der Waals surface area contributed by atoms with Gasteiger partial charge in [0.15, 0.2) is 6.10 Å². The molecule has 0 aliphatic rings. The Morgan fingerprint density at radius 3 is 2.07 bits per heavy atom. The predicted octanol–water partition coefficient (Wildman–Crippen LogP) is 6.21. The van der Waals surface area contributed by atoms with Gasteiger partial charge in [-0.15, -0.1) is 0 Å². The van der Waals surface area contributed by atoms with Gasteiger partial charge in [-0.05, 0) is 42.8 Å². The van der Waals surface area contributed by atoms with Crippen molar-refractivity contribution in [2.24, 2.45) is 0 Å². The molecule has 2 amide bonds. The maximum absolute atomic E-state index is 13.8. The molecule has 2 aromatic rings. The standard InChI is InChI=1S/C26H26F10N2O6/c1-2-42-20(21(39)40)14-16-6-8-19(9-7-16)43-12-10-38(22(41)37-18-5-3-4-17(27)15-18)11-13-44-26(35,36)24(30,31)23(28,29)25(32,33)34/h3-9,15,20H,2,10-14H2,1H3,(H,37,41)(H,39,40). The summed E-state index contributed by atoms with van der Waals surface area (Å²) in [5, 5.41) is 11.4. The molecule has 0 spiro atoms. The Labute approximate surface area is 243 Å². The van der Waals surface area contributed by atoms with Crippen molar-refractivity contribution in [3.63, 3.8) is 0 Å². The summed E-state index contributed by atoms with van der Waals surface area (Å²) in [6.45, 7) is -1.79. The average molecular weight is 652 g/mol. The van der Waals surface area contributed by atoms with Gasteiger partial charge in [0, 0.05) is 25.3 Å². The molecule has 0 fully saturated rings. The van der Waals surface area contributed by atoms with Crippen LogP contribution in [-0.4, -0.2) is 85.2 Å². The third-order valence-electron chi connectivity index (χ3n) is 5.74. The Morgan fingerprint density at radius 1 is 0.909 bits per heavy atom. The first-order chi connectivity index (χ1) is 20.3. The predicted molar refractivity (Wildman–Crippen MR) is 133 cm³/mol. The summed E-state index contributed by atoms with van der Waals surface area (Å²) in [7, 11) is 0. The second-order valence-electron chi connectivity index (χ2n) is 8.92. The Kier molecular flexibility index (Phi) is 12.2. The van der Waals surface area contributed by atoms with E-state index in [-0.39, 0.29) is 24.5 Å². The van der Waals surface area contributed by atoms with E-state index >= 15 is 0 Å². The number of halogens is 10. The van der Waals surface area contributed by atoms with Crippen LogP contribution in [0.3, 0.4) is 0 Å². The van der Waals surface area contributed by atoms with Crippen molar-refractivity contribution in [1.29, 1.82) is 0 Å². The van der Waals surface area contributed by atoms with E-state index in [1.807, 2.05) is 0 Å². The van der Waals surface area contributed by atoms with Gasteiger partial charge < -0.3 is 29.5 Å². The van der Waals surface area contributed by atoms with Crippen LogP contribution < -0.4 is 10.1 Å². The number of nitrogens with zero attached hydrogens (tertiary/aromatic N) is 1. The molecule has 0 radical (unpaired) electrons. The Balaban J connectivity index is 2.09. The maximum Gasteiger partial charge on any atom is 0.460 e. The van der Waals surface area contributed by atoms with Crippen LogP contribution in [0.1, 0.15) is 12.5 Å². The lowest BCUT2D eigenvalue weighted by Crippen LogP contribution is -2.62. The lowest BCUT2D eigenvalue weighted by atomic mass is 10.1. The number of carboxylic acid groups (broad SMARTS) is 1. The van der Waals surface area contributed by atoms with E-state index in [2.05, 4.69) is 10.1 Å². The molecule has 0 heterocycles. The minimum atomic E-state index is -7.15. The number of hydrogen-bond acceptors (Lipinski definition) is 5. The molecule has 246 valence electrons. The van der Waals surface area contributed by atoms with E-state index in [1.165, 1.54) is 36.4 Å². The number of hydrogen-bond donors (Lipinski definition) is 2. The first-order valence-electron chi connectivity index (χ1n) is 12.5. The molecular weight excluding hydrogens is 626 g/mol. The second-order valence-corrected chi connectivity index (χ2v) is 8.92. The summed E-state index contributed by atoms with van der Waals surface area (Å²) in [5.41, 5.74) is 0.422. The molecule has 8 nitrogen and oxygen atoms in total. The smallest absolute Gasteiger partial charge is 0.460 e. The van der Waals surface area contributed by atoms with E-state index in [4.69, 9.17) is 9.47 Å². The highest BCUT2D eigenvalue weighted by Crippen LogP contribution is 2.53. The number of aliphatic carboxylic acids is 1. The molecule has 0 aromatic heterocycles. The van der Waals surface area contributed by atoms with Crippen LogP contribution in [0.4, 0.5) is 54.4 Å². The van der Waals surface area contributed by atoms with Crippen molar-refractivity contribution in [3.05, 3.63) is 59.9 Å². The largest absolute Gasteiger partial charge is 0.492 e. The van der Waals surface area contributed by atoms with Crippen LogP contribution in [0, 0.1) is 5.82 Å². The highest BCUT2D eigenvalue weighted by atomic mass is 19.4. The highest BCUT2D eigenvalue weighted by Gasteiger charge is 2.82. The topological polar surface area (TPSA) is 97.3 Å². The maximum atomic E-state index is 13.8. The van der Waals surface area contributed by atoms with Gasteiger partial charge in [0.2, 0.25) is 0 Å². The van der Waals surface area contributed by atoms with Gasteiger partial charge in [-0.25, -0.2) is 14.0 Å². The van der Waals surface area contributed by atoms with Gasteiger partial charge in [0.05, 0.1) is 13.2 Å². The fourth-order valence-electron chi connectivity index (χ4n) is 3.45. The molecule has 0 aliphatic heterocycles. The number of ether oxygens (including phenoxy) is 3. The molecule has 0 saturated heterocycles. The summed E-state index contributed by atoms with van der Waals surface area (Å²) in [6, 6.07) is 9.01. The number of benzene rings is 2. The zero-order chi connectivity index (χ0) is 33.3. The molecule has 0 aliphatic carbocycles. The average Bonchev–Trinajstić information content (AvgIpc) is 2.91. The molecule has 2 aromatic carbocycles. The second kappa shape index (κ2) is 14.8. The fraction of sp³-hybridized carbons (Fsp3) is 0.462. The van der Waals surface area contributed by atoms with Crippen molar-refractivity contribution in [1.82, 2.24) is 4.90 Å². The zero-order valence-electron chi connectivity index (χ0n) is 22.7. The van der Waals surface area contributed by atoms with Crippen molar-refractivity contribution in [3.8, 4) is 5.75 Å². The number of anilines is 1. The number of carboxylic acids is 1. The van der Waals surface area contributed by atoms with Gasteiger partial charge in [-0.3, -0.25) is 0 Å².